The maximum atomic E-state index is 13.2. The minimum absolute atomic E-state index is 0.0663. The molecule has 0 saturated heterocycles. The van der Waals surface area contributed by atoms with Crippen LogP contribution in [0.1, 0.15) is 58.1 Å². The number of nitrogens with zero attached hydrogens (tertiary/aromatic N) is 1. The maximum absolute atomic E-state index is 13.2. The summed E-state index contributed by atoms with van der Waals surface area (Å²) in [7, 11) is 0. The van der Waals surface area contributed by atoms with E-state index in [0.717, 1.165) is 11.3 Å². The molecule has 1 atom stereocenters. The van der Waals surface area contributed by atoms with Gasteiger partial charge in [0.05, 0.1) is 6.61 Å². The molecule has 2 aromatic carbocycles. The number of rotatable bonds is 10. The van der Waals surface area contributed by atoms with Crippen LogP contribution in [-0.4, -0.2) is 34.9 Å². The second-order valence-electron chi connectivity index (χ2n) is 9.08. The van der Waals surface area contributed by atoms with Gasteiger partial charge in [-0.05, 0) is 70.4 Å². The van der Waals surface area contributed by atoms with Crippen molar-refractivity contribution in [2.24, 2.45) is 0 Å². The van der Waals surface area contributed by atoms with Crippen LogP contribution in [0.4, 0.5) is 0 Å². The van der Waals surface area contributed by atoms with E-state index in [4.69, 9.17) is 16.3 Å². The van der Waals surface area contributed by atoms with E-state index in [2.05, 4.69) is 5.32 Å². The highest BCUT2D eigenvalue weighted by atomic mass is 35.5. The molecule has 6 heteroatoms. The second kappa shape index (κ2) is 11.9. The zero-order valence-electron chi connectivity index (χ0n) is 19.8. The number of benzene rings is 2. The SMILES string of the molecule is CC[C@@H](C(=O)NC(C)(C)C)N(Cc1ccc(Cl)cc1)C(=O)CCCOc1ccc(C)cc1. The second-order valence-corrected chi connectivity index (χ2v) is 9.51. The highest BCUT2D eigenvalue weighted by molar-refractivity contribution is 6.30. The third-order valence-corrected chi connectivity index (χ3v) is 5.23. The van der Waals surface area contributed by atoms with Gasteiger partial charge < -0.3 is 15.0 Å². The van der Waals surface area contributed by atoms with Gasteiger partial charge in [0.2, 0.25) is 11.8 Å². The minimum Gasteiger partial charge on any atom is -0.494 e. The molecule has 174 valence electrons. The van der Waals surface area contributed by atoms with Gasteiger partial charge in [0.25, 0.3) is 0 Å². The molecule has 0 bridgehead atoms. The van der Waals surface area contributed by atoms with Gasteiger partial charge >= 0.3 is 0 Å². The molecule has 1 N–H and O–H groups in total. The van der Waals surface area contributed by atoms with Gasteiger partial charge in [0.1, 0.15) is 11.8 Å². The molecular weight excluding hydrogens is 424 g/mol. The fraction of sp³-hybridized carbons (Fsp3) is 0.462. The molecule has 2 aromatic rings. The van der Waals surface area contributed by atoms with Crippen molar-refractivity contribution < 1.29 is 14.3 Å². The Morgan fingerprint density at radius 2 is 1.69 bits per heavy atom. The zero-order chi connectivity index (χ0) is 23.7. The Labute approximate surface area is 197 Å². The summed E-state index contributed by atoms with van der Waals surface area (Å²) in [5.74, 6) is 0.582. The van der Waals surface area contributed by atoms with Crippen molar-refractivity contribution in [2.75, 3.05) is 6.61 Å². The van der Waals surface area contributed by atoms with Crippen LogP contribution in [0.15, 0.2) is 48.5 Å². The number of hydrogen-bond donors (Lipinski definition) is 1. The number of carbonyl (C=O) groups excluding carboxylic acids is 2. The topological polar surface area (TPSA) is 58.6 Å². The smallest absolute Gasteiger partial charge is 0.243 e. The van der Waals surface area contributed by atoms with Crippen molar-refractivity contribution in [2.45, 2.75) is 72.0 Å². The quantitative estimate of drug-likeness (QED) is 0.476. The molecule has 2 amide bonds. The minimum atomic E-state index is -0.546. The molecule has 0 aliphatic rings. The highest BCUT2D eigenvalue weighted by Crippen LogP contribution is 2.18. The lowest BCUT2D eigenvalue weighted by Crippen LogP contribution is -2.53. The largest absolute Gasteiger partial charge is 0.494 e. The van der Waals surface area contributed by atoms with Crippen LogP contribution in [0, 0.1) is 6.92 Å². The number of amides is 2. The van der Waals surface area contributed by atoms with Gasteiger partial charge in [0, 0.05) is 23.5 Å². The molecule has 0 fully saturated rings. The molecule has 0 saturated carbocycles. The molecule has 0 spiro atoms. The first-order valence-electron chi connectivity index (χ1n) is 11.1. The van der Waals surface area contributed by atoms with E-state index < -0.39 is 6.04 Å². The number of carbonyl (C=O) groups is 2. The standard InChI is InChI=1S/C26H35ClN2O3/c1-6-23(25(31)28-26(3,4)5)29(18-20-11-13-21(27)14-12-20)24(30)8-7-17-32-22-15-9-19(2)10-16-22/h9-16,23H,6-8,17-18H2,1-5H3,(H,28,31)/t23-/m0/s1. The van der Waals surface area contributed by atoms with E-state index in [1.807, 2.05) is 71.0 Å². The van der Waals surface area contributed by atoms with E-state index in [-0.39, 0.29) is 17.4 Å². The summed E-state index contributed by atoms with van der Waals surface area (Å²) in [5.41, 5.74) is 1.73. The Morgan fingerprint density at radius 3 is 2.25 bits per heavy atom. The molecule has 0 aliphatic heterocycles. The molecule has 0 unspecified atom stereocenters. The first kappa shape index (κ1) is 25.7. The van der Waals surface area contributed by atoms with Crippen molar-refractivity contribution in [1.82, 2.24) is 10.2 Å². The van der Waals surface area contributed by atoms with Crippen molar-refractivity contribution >= 4 is 23.4 Å². The van der Waals surface area contributed by atoms with Crippen LogP contribution >= 0.6 is 11.6 Å². The summed E-state index contributed by atoms with van der Waals surface area (Å²) >= 11 is 6.01. The lowest BCUT2D eigenvalue weighted by Gasteiger charge is -2.33. The van der Waals surface area contributed by atoms with Crippen molar-refractivity contribution in [1.29, 1.82) is 0 Å². The molecule has 2 rings (SSSR count). The monoisotopic (exact) mass is 458 g/mol. The van der Waals surface area contributed by atoms with Crippen LogP contribution in [0.5, 0.6) is 5.75 Å². The van der Waals surface area contributed by atoms with Crippen molar-refractivity contribution in [3.05, 3.63) is 64.7 Å². The number of ether oxygens (including phenoxy) is 1. The number of aryl methyl sites for hydroxylation is 1. The van der Waals surface area contributed by atoms with Gasteiger partial charge in [-0.3, -0.25) is 9.59 Å². The van der Waals surface area contributed by atoms with Crippen LogP contribution in [0.2, 0.25) is 5.02 Å². The van der Waals surface area contributed by atoms with Gasteiger partial charge in [-0.2, -0.15) is 0 Å². The van der Waals surface area contributed by atoms with Gasteiger partial charge in [-0.1, -0.05) is 48.4 Å². The van der Waals surface area contributed by atoms with E-state index in [1.165, 1.54) is 5.56 Å². The summed E-state index contributed by atoms with van der Waals surface area (Å²) in [6.07, 6.45) is 1.40. The van der Waals surface area contributed by atoms with Gasteiger partial charge in [0.15, 0.2) is 0 Å². The Kier molecular flexibility index (Phi) is 9.58. The van der Waals surface area contributed by atoms with Crippen LogP contribution in [0.3, 0.4) is 0 Å². The van der Waals surface area contributed by atoms with E-state index >= 15 is 0 Å². The van der Waals surface area contributed by atoms with Crippen molar-refractivity contribution in [3.8, 4) is 5.75 Å². The Bertz CT molecular complexity index is 873. The Morgan fingerprint density at radius 1 is 1.06 bits per heavy atom. The molecule has 0 heterocycles. The fourth-order valence-electron chi connectivity index (χ4n) is 3.35. The van der Waals surface area contributed by atoms with Gasteiger partial charge in [-0.25, -0.2) is 0 Å². The van der Waals surface area contributed by atoms with Crippen molar-refractivity contribution in [3.63, 3.8) is 0 Å². The predicted molar refractivity (Wildman–Crippen MR) is 130 cm³/mol. The third kappa shape index (κ3) is 8.54. The third-order valence-electron chi connectivity index (χ3n) is 4.97. The normalized spacial score (nSPS) is 12.2. The Balaban J connectivity index is 2.07. The molecule has 0 aromatic heterocycles. The van der Waals surface area contributed by atoms with Crippen LogP contribution < -0.4 is 10.1 Å². The average Bonchev–Trinajstić information content (AvgIpc) is 2.72. The lowest BCUT2D eigenvalue weighted by atomic mass is 10.0. The molecular formula is C26H35ClN2O3. The lowest BCUT2D eigenvalue weighted by molar-refractivity contribution is -0.142. The Hall–Kier alpha value is -2.53. The number of hydrogen-bond acceptors (Lipinski definition) is 3. The van der Waals surface area contributed by atoms with E-state index in [1.54, 1.807) is 17.0 Å². The maximum Gasteiger partial charge on any atom is 0.243 e. The highest BCUT2D eigenvalue weighted by Gasteiger charge is 2.30. The summed E-state index contributed by atoms with van der Waals surface area (Å²) in [6, 6.07) is 14.7. The fourth-order valence-corrected chi connectivity index (χ4v) is 3.48. The first-order chi connectivity index (χ1) is 15.1. The first-order valence-corrected chi connectivity index (χ1v) is 11.5. The molecule has 32 heavy (non-hydrogen) atoms. The zero-order valence-corrected chi connectivity index (χ0v) is 20.5. The molecule has 0 aliphatic carbocycles. The van der Waals surface area contributed by atoms with E-state index in [0.29, 0.717) is 37.4 Å². The number of nitrogens with one attached hydrogen (secondary N) is 1. The summed E-state index contributed by atoms with van der Waals surface area (Å²) in [5, 5.41) is 3.65. The molecule has 0 radical (unpaired) electrons. The van der Waals surface area contributed by atoms with Gasteiger partial charge in [-0.15, -0.1) is 0 Å². The average molecular weight is 459 g/mol. The number of halogens is 1. The van der Waals surface area contributed by atoms with Crippen LogP contribution in [-0.2, 0) is 16.1 Å². The summed E-state index contributed by atoms with van der Waals surface area (Å²) in [6.45, 7) is 10.6. The molecule has 5 nitrogen and oxygen atoms in total. The van der Waals surface area contributed by atoms with Crippen LogP contribution in [0.25, 0.3) is 0 Å². The summed E-state index contributed by atoms with van der Waals surface area (Å²) < 4.78 is 5.76. The van der Waals surface area contributed by atoms with E-state index in [9.17, 15) is 9.59 Å². The predicted octanol–water partition coefficient (Wildman–Crippen LogP) is 5.53. The summed E-state index contributed by atoms with van der Waals surface area (Å²) in [4.78, 5) is 27.9.